The van der Waals surface area contributed by atoms with Gasteiger partial charge in [-0.1, -0.05) is 5.16 Å². The lowest BCUT2D eigenvalue weighted by atomic mass is 9.99. The van der Waals surface area contributed by atoms with Gasteiger partial charge in [-0.05, 0) is 35.7 Å². The molecule has 0 radical (unpaired) electrons. The molecule has 3 aromatic rings. The first-order valence-electron chi connectivity index (χ1n) is 8.54. The normalized spacial score (nSPS) is 15.0. The molecule has 10 heteroatoms. The van der Waals surface area contributed by atoms with Gasteiger partial charge in [-0.25, -0.2) is 12.7 Å². The third-order valence-electron chi connectivity index (χ3n) is 4.62. The van der Waals surface area contributed by atoms with Gasteiger partial charge in [0.2, 0.25) is 21.7 Å². The van der Waals surface area contributed by atoms with Crippen molar-refractivity contribution in [3.63, 3.8) is 0 Å². The summed E-state index contributed by atoms with van der Waals surface area (Å²) in [6.07, 6.45) is 0. The number of likely N-dealkylation sites (tertiary alicyclic amines) is 1. The smallest absolute Gasteiger partial charge is 0.253 e. The summed E-state index contributed by atoms with van der Waals surface area (Å²) >= 11 is 1.56. The van der Waals surface area contributed by atoms with E-state index in [-0.39, 0.29) is 16.7 Å². The van der Waals surface area contributed by atoms with Crippen molar-refractivity contribution in [2.45, 2.75) is 10.8 Å². The van der Waals surface area contributed by atoms with Crippen LogP contribution < -0.4 is 0 Å². The molecular weight excluding hydrogens is 400 g/mol. The van der Waals surface area contributed by atoms with E-state index < -0.39 is 10.0 Å². The zero-order valence-electron chi connectivity index (χ0n) is 15.3. The van der Waals surface area contributed by atoms with Gasteiger partial charge in [0.25, 0.3) is 5.91 Å². The molecule has 2 aromatic heterocycles. The van der Waals surface area contributed by atoms with Crippen LogP contribution in [-0.2, 0) is 10.0 Å². The molecule has 1 aliphatic rings. The third-order valence-corrected chi connectivity index (χ3v) is 7.13. The third kappa shape index (κ3) is 3.34. The van der Waals surface area contributed by atoms with E-state index >= 15 is 0 Å². The molecule has 1 saturated heterocycles. The van der Waals surface area contributed by atoms with Crippen molar-refractivity contribution in [2.75, 3.05) is 27.2 Å². The minimum atomic E-state index is -3.51. The Morgan fingerprint density at radius 1 is 1.21 bits per heavy atom. The van der Waals surface area contributed by atoms with Crippen LogP contribution >= 0.6 is 11.3 Å². The Labute approximate surface area is 166 Å². The van der Waals surface area contributed by atoms with Crippen molar-refractivity contribution in [3.05, 3.63) is 52.5 Å². The Morgan fingerprint density at radius 2 is 1.93 bits per heavy atom. The fourth-order valence-corrected chi connectivity index (χ4v) is 4.41. The summed E-state index contributed by atoms with van der Waals surface area (Å²) in [5.74, 6) is 0.941. The van der Waals surface area contributed by atoms with Crippen LogP contribution in [0, 0.1) is 0 Å². The van der Waals surface area contributed by atoms with Crippen molar-refractivity contribution in [1.82, 2.24) is 19.3 Å². The van der Waals surface area contributed by atoms with Gasteiger partial charge in [-0.15, -0.1) is 0 Å². The minimum Gasteiger partial charge on any atom is -0.339 e. The summed E-state index contributed by atoms with van der Waals surface area (Å²) in [6, 6.07) is 7.90. The standard InChI is InChI=1S/C18H18N4O4S2/c1-21(2)28(24,25)15-5-3-12(4-6-15)18(23)22-9-14(10-22)17-19-16(20-26-17)13-7-8-27-11-13/h3-8,11,14H,9-10H2,1-2H3. The SMILES string of the molecule is CN(C)S(=O)(=O)c1ccc(C(=O)N2CC(c3nc(-c4ccsc4)no3)C2)cc1. The second kappa shape index (κ2) is 7.12. The van der Waals surface area contributed by atoms with Gasteiger partial charge in [0.05, 0.1) is 10.8 Å². The van der Waals surface area contributed by atoms with Crippen LogP contribution in [0.15, 0.2) is 50.5 Å². The second-order valence-corrected chi connectivity index (χ2v) is 9.62. The van der Waals surface area contributed by atoms with Crippen LogP contribution in [0.3, 0.4) is 0 Å². The maximum Gasteiger partial charge on any atom is 0.253 e. The number of carbonyl (C=O) groups is 1. The van der Waals surface area contributed by atoms with Crippen molar-refractivity contribution in [2.24, 2.45) is 0 Å². The number of hydrogen-bond acceptors (Lipinski definition) is 7. The van der Waals surface area contributed by atoms with Crippen LogP contribution in [0.4, 0.5) is 0 Å². The maximum atomic E-state index is 12.6. The van der Waals surface area contributed by atoms with Crippen LogP contribution in [0.5, 0.6) is 0 Å². The summed E-state index contributed by atoms with van der Waals surface area (Å²) in [4.78, 5) is 18.8. The van der Waals surface area contributed by atoms with Crippen LogP contribution in [0.2, 0.25) is 0 Å². The average molecular weight is 419 g/mol. The largest absolute Gasteiger partial charge is 0.339 e. The quantitative estimate of drug-likeness (QED) is 0.631. The molecule has 8 nitrogen and oxygen atoms in total. The minimum absolute atomic E-state index is 0.0113. The fourth-order valence-electron chi connectivity index (χ4n) is 2.87. The molecular formula is C18H18N4O4S2. The van der Waals surface area contributed by atoms with Crippen LogP contribution in [0.25, 0.3) is 11.4 Å². The molecule has 0 N–H and O–H groups in total. The molecule has 0 bridgehead atoms. The monoisotopic (exact) mass is 418 g/mol. The summed E-state index contributed by atoms with van der Waals surface area (Å²) in [5.41, 5.74) is 1.36. The van der Waals surface area contributed by atoms with E-state index in [1.54, 1.807) is 16.2 Å². The molecule has 0 aliphatic carbocycles. The van der Waals surface area contributed by atoms with Gasteiger partial charge >= 0.3 is 0 Å². The number of benzene rings is 1. The molecule has 1 fully saturated rings. The molecule has 4 rings (SSSR count). The molecule has 0 unspecified atom stereocenters. The van der Waals surface area contributed by atoms with E-state index in [1.807, 2.05) is 16.8 Å². The second-order valence-electron chi connectivity index (χ2n) is 6.69. The first kappa shape index (κ1) is 18.8. The van der Waals surface area contributed by atoms with E-state index in [9.17, 15) is 13.2 Å². The maximum absolute atomic E-state index is 12.6. The molecule has 28 heavy (non-hydrogen) atoms. The van der Waals surface area contributed by atoms with Gasteiger partial charge < -0.3 is 9.42 Å². The predicted octanol–water partition coefficient (Wildman–Crippen LogP) is 2.29. The molecule has 3 heterocycles. The predicted molar refractivity (Wildman–Crippen MR) is 104 cm³/mol. The number of thiophene rings is 1. The molecule has 1 amide bonds. The number of aromatic nitrogens is 2. The van der Waals surface area contributed by atoms with Gasteiger partial charge in [0.1, 0.15) is 0 Å². The summed E-state index contributed by atoms with van der Waals surface area (Å²) in [6.45, 7) is 0.976. The first-order chi connectivity index (χ1) is 13.4. The Morgan fingerprint density at radius 3 is 2.54 bits per heavy atom. The molecule has 146 valence electrons. The zero-order chi connectivity index (χ0) is 19.9. The van der Waals surface area contributed by atoms with Gasteiger partial charge in [-0.2, -0.15) is 16.3 Å². The highest BCUT2D eigenvalue weighted by Crippen LogP contribution is 2.29. The summed E-state index contributed by atoms with van der Waals surface area (Å²) < 4.78 is 30.7. The number of nitrogens with zero attached hydrogens (tertiary/aromatic N) is 4. The number of amides is 1. The molecule has 0 saturated carbocycles. The van der Waals surface area contributed by atoms with Crippen LogP contribution in [0.1, 0.15) is 22.2 Å². The van der Waals surface area contributed by atoms with E-state index in [4.69, 9.17) is 4.52 Å². The first-order valence-corrected chi connectivity index (χ1v) is 10.9. The number of sulfonamides is 1. The highest BCUT2D eigenvalue weighted by molar-refractivity contribution is 7.89. The highest BCUT2D eigenvalue weighted by atomic mass is 32.2. The number of carbonyl (C=O) groups excluding carboxylic acids is 1. The van der Waals surface area contributed by atoms with Crippen molar-refractivity contribution >= 4 is 27.3 Å². The van der Waals surface area contributed by atoms with Gasteiger partial charge in [0.15, 0.2) is 0 Å². The highest BCUT2D eigenvalue weighted by Gasteiger charge is 2.36. The van der Waals surface area contributed by atoms with Crippen molar-refractivity contribution < 1.29 is 17.7 Å². The number of hydrogen-bond donors (Lipinski definition) is 0. The lowest BCUT2D eigenvalue weighted by Crippen LogP contribution is -2.48. The topological polar surface area (TPSA) is 96.6 Å². The Bertz CT molecular complexity index is 1080. The van der Waals surface area contributed by atoms with Crippen molar-refractivity contribution in [3.8, 4) is 11.4 Å². The average Bonchev–Trinajstić information content (AvgIpc) is 3.32. The molecule has 1 aliphatic heterocycles. The Hall–Kier alpha value is -2.56. The fraction of sp³-hybridized carbons (Fsp3) is 0.278. The van der Waals surface area contributed by atoms with Gasteiger partial charge in [0, 0.05) is 43.7 Å². The molecule has 0 atom stereocenters. The van der Waals surface area contributed by atoms with E-state index in [1.165, 1.54) is 38.4 Å². The van der Waals surface area contributed by atoms with E-state index in [0.29, 0.717) is 30.4 Å². The van der Waals surface area contributed by atoms with Gasteiger partial charge in [-0.3, -0.25) is 4.79 Å². The van der Waals surface area contributed by atoms with Crippen molar-refractivity contribution in [1.29, 1.82) is 0 Å². The zero-order valence-corrected chi connectivity index (χ0v) is 16.9. The Balaban J connectivity index is 1.40. The Kier molecular flexibility index (Phi) is 4.77. The van der Waals surface area contributed by atoms with E-state index in [0.717, 1.165) is 9.87 Å². The van der Waals surface area contributed by atoms with Crippen LogP contribution in [-0.4, -0.2) is 60.9 Å². The molecule has 0 spiro atoms. The number of rotatable bonds is 5. The lowest BCUT2D eigenvalue weighted by molar-refractivity contribution is 0.0569. The van der Waals surface area contributed by atoms with E-state index in [2.05, 4.69) is 10.1 Å². The summed E-state index contributed by atoms with van der Waals surface area (Å²) in [7, 11) is -0.574. The lowest BCUT2D eigenvalue weighted by Gasteiger charge is -2.37. The summed E-state index contributed by atoms with van der Waals surface area (Å²) in [5, 5.41) is 7.89. The molecule has 1 aromatic carbocycles.